The summed E-state index contributed by atoms with van der Waals surface area (Å²) in [7, 11) is 4.00. The minimum Gasteiger partial charge on any atom is -0.378 e. The number of hydrogen-bond donors (Lipinski definition) is 2. The second-order valence-electron chi connectivity index (χ2n) is 4.54. The molecular formula is C13H13ClN6. The van der Waals surface area contributed by atoms with Crippen molar-refractivity contribution in [3.05, 3.63) is 35.7 Å². The first-order valence-corrected chi connectivity index (χ1v) is 6.42. The number of nitrogens with one attached hydrogen (secondary N) is 2. The van der Waals surface area contributed by atoms with Gasteiger partial charge in [0.25, 0.3) is 0 Å². The van der Waals surface area contributed by atoms with Crippen molar-refractivity contribution in [3.8, 4) is 0 Å². The summed E-state index contributed by atoms with van der Waals surface area (Å²) in [4.78, 5) is 10.3. The van der Waals surface area contributed by atoms with Crippen molar-refractivity contribution < 1.29 is 0 Å². The van der Waals surface area contributed by atoms with Gasteiger partial charge >= 0.3 is 0 Å². The maximum Gasteiger partial charge on any atom is 0.226 e. The number of rotatable bonds is 3. The van der Waals surface area contributed by atoms with Crippen LogP contribution in [0, 0.1) is 0 Å². The summed E-state index contributed by atoms with van der Waals surface area (Å²) in [6.45, 7) is 0. The predicted octanol–water partition coefficient (Wildman–Crippen LogP) is 2.82. The zero-order valence-corrected chi connectivity index (χ0v) is 11.8. The fraction of sp³-hybridized carbons (Fsp3) is 0.154. The van der Waals surface area contributed by atoms with E-state index in [9.17, 15) is 0 Å². The van der Waals surface area contributed by atoms with Crippen molar-refractivity contribution >= 4 is 39.8 Å². The molecule has 0 aliphatic rings. The molecule has 0 aliphatic carbocycles. The Bertz CT molecular complexity index is 734. The third-order valence-corrected chi connectivity index (χ3v) is 3.10. The number of halogens is 1. The molecule has 0 aliphatic heterocycles. The summed E-state index contributed by atoms with van der Waals surface area (Å²) in [5, 5.41) is 10.9. The number of aromatic nitrogens is 4. The first-order valence-electron chi connectivity index (χ1n) is 6.04. The molecular weight excluding hydrogens is 276 g/mol. The molecule has 0 saturated carbocycles. The zero-order chi connectivity index (χ0) is 14.1. The predicted molar refractivity (Wildman–Crippen MR) is 80.7 cm³/mol. The highest BCUT2D eigenvalue weighted by Gasteiger charge is 2.08. The monoisotopic (exact) mass is 288 g/mol. The van der Waals surface area contributed by atoms with Crippen LogP contribution >= 0.6 is 11.6 Å². The van der Waals surface area contributed by atoms with Crippen LogP contribution in [0.4, 0.5) is 17.2 Å². The van der Waals surface area contributed by atoms with Crippen LogP contribution in [-0.4, -0.2) is 34.3 Å². The highest BCUT2D eigenvalue weighted by molar-refractivity contribution is 6.28. The Labute approximate surface area is 120 Å². The van der Waals surface area contributed by atoms with E-state index in [0.717, 1.165) is 16.8 Å². The van der Waals surface area contributed by atoms with Gasteiger partial charge in [-0.25, -0.2) is 0 Å². The molecule has 0 spiro atoms. The standard InChI is InChI=1S/C13H13ClN6/c1-20(2)9-5-3-8(4-6-9)16-11-10-7-15-19-12(10)18-13(14)17-11/h3-7H,1-2H3,(H2,15,16,17,18,19). The molecule has 2 aromatic heterocycles. The number of aromatic amines is 1. The molecule has 3 aromatic rings. The summed E-state index contributed by atoms with van der Waals surface area (Å²) in [6, 6.07) is 8.02. The molecule has 0 radical (unpaired) electrons. The molecule has 0 bridgehead atoms. The van der Waals surface area contributed by atoms with Crippen LogP contribution in [0.1, 0.15) is 0 Å². The highest BCUT2D eigenvalue weighted by atomic mass is 35.5. The van der Waals surface area contributed by atoms with Crippen LogP contribution < -0.4 is 10.2 Å². The Kier molecular flexibility index (Phi) is 3.15. The van der Waals surface area contributed by atoms with Gasteiger partial charge in [-0.05, 0) is 35.9 Å². The summed E-state index contributed by atoms with van der Waals surface area (Å²) < 4.78 is 0. The van der Waals surface area contributed by atoms with Gasteiger partial charge in [-0.15, -0.1) is 0 Å². The lowest BCUT2D eigenvalue weighted by molar-refractivity contribution is 1.09. The van der Waals surface area contributed by atoms with E-state index < -0.39 is 0 Å². The third-order valence-electron chi connectivity index (χ3n) is 2.93. The van der Waals surface area contributed by atoms with Crippen molar-refractivity contribution in [2.24, 2.45) is 0 Å². The Morgan fingerprint density at radius 1 is 1.15 bits per heavy atom. The summed E-state index contributed by atoms with van der Waals surface area (Å²) in [5.41, 5.74) is 2.66. The number of hydrogen-bond acceptors (Lipinski definition) is 5. The lowest BCUT2D eigenvalue weighted by Crippen LogP contribution is -2.08. The van der Waals surface area contributed by atoms with E-state index >= 15 is 0 Å². The van der Waals surface area contributed by atoms with Gasteiger partial charge in [0.1, 0.15) is 5.82 Å². The van der Waals surface area contributed by atoms with Crippen molar-refractivity contribution in [1.82, 2.24) is 20.2 Å². The molecule has 0 fully saturated rings. The minimum atomic E-state index is 0.175. The van der Waals surface area contributed by atoms with Gasteiger partial charge in [-0.2, -0.15) is 15.1 Å². The molecule has 0 atom stereocenters. The molecule has 7 heteroatoms. The van der Waals surface area contributed by atoms with Crippen LogP contribution in [-0.2, 0) is 0 Å². The maximum absolute atomic E-state index is 5.90. The van der Waals surface area contributed by atoms with E-state index in [1.54, 1.807) is 6.20 Å². The molecule has 20 heavy (non-hydrogen) atoms. The van der Waals surface area contributed by atoms with Gasteiger partial charge in [0.15, 0.2) is 5.65 Å². The molecule has 102 valence electrons. The van der Waals surface area contributed by atoms with Crippen LogP contribution in [0.2, 0.25) is 5.28 Å². The van der Waals surface area contributed by atoms with E-state index in [1.807, 2.05) is 43.3 Å². The third kappa shape index (κ3) is 2.37. The SMILES string of the molecule is CN(C)c1ccc(Nc2nc(Cl)nc3[nH]ncc23)cc1. The second-order valence-corrected chi connectivity index (χ2v) is 4.88. The Balaban J connectivity index is 1.94. The van der Waals surface area contributed by atoms with Crippen LogP contribution in [0.3, 0.4) is 0 Å². The van der Waals surface area contributed by atoms with Gasteiger partial charge in [0.2, 0.25) is 5.28 Å². The van der Waals surface area contributed by atoms with E-state index in [1.165, 1.54) is 0 Å². The average molecular weight is 289 g/mol. The average Bonchev–Trinajstić information content (AvgIpc) is 2.87. The minimum absolute atomic E-state index is 0.175. The molecule has 6 nitrogen and oxygen atoms in total. The molecule has 0 amide bonds. The highest BCUT2D eigenvalue weighted by Crippen LogP contribution is 2.24. The molecule has 1 aromatic carbocycles. The normalized spacial score (nSPS) is 10.8. The van der Waals surface area contributed by atoms with Gasteiger partial charge < -0.3 is 10.2 Å². The maximum atomic E-state index is 5.90. The second kappa shape index (κ2) is 4.97. The lowest BCUT2D eigenvalue weighted by Gasteiger charge is -2.13. The van der Waals surface area contributed by atoms with E-state index in [0.29, 0.717) is 11.5 Å². The quantitative estimate of drug-likeness (QED) is 0.725. The van der Waals surface area contributed by atoms with E-state index in [4.69, 9.17) is 11.6 Å². The van der Waals surface area contributed by atoms with Crippen LogP contribution in [0.15, 0.2) is 30.5 Å². The number of benzene rings is 1. The number of fused-ring (bicyclic) bond motifs is 1. The van der Waals surface area contributed by atoms with E-state index in [-0.39, 0.29) is 5.28 Å². The van der Waals surface area contributed by atoms with E-state index in [2.05, 4.69) is 25.5 Å². The topological polar surface area (TPSA) is 69.7 Å². The van der Waals surface area contributed by atoms with Crippen molar-refractivity contribution in [2.75, 3.05) is 24.3 Å². The molecule has 2 heterocycles. The first-order chi connectivity index (χ1) is 9.63. The van der Waals surface area contributed by atoms with Gasteiger partial charge in [-0.1, -0.05) is 0 Å². The number of nitrogens with zero attached hydrogens (tertiary/aromatic N) is 4. The smallest absolute Gasteiger partial charge is 0.226 e. The lowest BCUT2D eigenvalue weighted by atomic mass is 10.2. The zero-order valence-electron chi connectivity index (χ0n) is 11.1. The Morgan fingerprint density at radius 2 is 1.90 bits per heavy atom. The molecule has 3 rings (SSSR count). The molecule has 2 N–H and O–H groups in total. The van der Waals surface area contributed by atoms with Crippen molar-refractivity contribution in [3.63, 3.8) is 0 Å². The molecule has 0 saturated heterocycles. The fourth-order valence-corrected chi connectivity index (χ4v) is 2.05. The number of anilines is 3. The fourth-order valence-electron chi connectivity index (χ4n) is 1.88. The van der Waals surface area contributed by atoms with Crippen LogP contribution in [0.25, 0.3) is 11.0 Å². The van der Waals surface area contributed by atoms with Gasteiger partial charge in [-0.3, -0.25) is 5.10 Å². The first kappa shape index (κ1) is 12.7. The number of H-pyrrole nitrogens is 1. The summed E-state index contributed by atoms with van der Waals surface area (Å²) >= 11 is 5.90. The Hall–Kier alpha value is -2.34. The van der Waals surface area contributed by atoms with Crippen molar-refractivity contribution in [2.45, 2.75) is 0 Å². The summed E-state index contributed by atoms with van der Waals surface area (Å²) in [5.74, 6) is 0.631. The van der Waals surface area contributed by atoms with Gasteiger partial charge in [0, 0.05) is 25.5 Å². The summed E-state index contributed by atoms with van der Waals surface area (Å²) in [6.07, 6.45) is 1.67. The largest absolute Gasteiger partial charge is 0.378 e. The van der Waals surface area contributed by atoms with Crippen LogP contribution in [0.5, 0.6) is 0 Å². The van der Waals surface area contributed by atoms with Gasteiger partial charge in [0.05, 0.1) is 11.6 Å². The van der Waals surface area contributed by atoms with Crippen molar-refractivity contribution in [1.29, 1.82) is 0 Å². The molecule has 0 unspecified atom stereocenters. The Morgan fingerprint density at radius 3 is 2.60 bits per heavy atom.